The van der Waals surface area contributed by atoms with E-state index in [-0.39, 0.29) is 11.4 Å². The van der Waals surface area contributed by atoms with Crippen molar-refractivity contribution in [2.24, 2.45) is 0 Å². The van der Waals surface area contributed by atoms with Crippen LogP contribution in [0.25, 0.3) is 0 Å². The molecule has 0 aliphatic rings. The molecule has 1 aromatic carbocycles. The van der Waals surface area contributed by atoms with Crippen LogP contribution >= 0.6 is 11.6 Å². The van der Waals surface area contributed by atoms with Crippen LogP contribution in [0.2, 0.25) is 0 Å². The quantitative estimate of drug-likeness (QED) is 0.432. The Bertz CT molecular complexity index is 526. The molecule has 4 nitrogen and oxygen atoms in total. The summed E-state index contributed by atoms with van der Waals surface area (Å²) in [5.41, 5.74) is 1.92. The van der Waals surface area contributed by atoms with Crippen LogP contribution in [-0.4, -0.2) is 34.1 Å². The number of aryl methyl sites for hydroxylation is 1. The zero-order chi connectivity index (χ0) is 15.0. The minimum atomic E-state index is -3.48. The fourth-order valence-corrected chi connectivity index (χ4v) is 2.75. The van der Waals surface area contributed by atoms with Crippen molar-refractivity contribution in [1.29, 1.82) is 0 Å². The van der Waals surface area contributed by atoms with Crippen LogP contribution in [0.3, 0.4) is 0 Å². The zero-order valence-electron chi connectivity index (χ0n) is 11.6. The first-order valence-corrected chi connectivity index (χ1v) is 8.34. The van der Waals surface area contributed by atoms with Gasteiger partial charge in [0.2, 0.25) is 10.0 Å². The topological polar surface area (TPSA) is 55.4 Å². The Morgan fingerprint density at radius 1 is 1.35 bits per heavy atom. The number of benzene rings is 1. The van der Waals surface area contributed by atoms with Crippen LogP contribution in [0.4, 0.5) is 0 Å². The molecule has 0 aliphatic carbocycles. The van der Waals surface area contributed by atoms with Gasteiger partial charge in [-0.15, -0.1) is 11.6 Å². The molecule has 1 N–H and O–H groups in total. The summed E-state index contributed by atoms with van der Waals surface area (Å²) in [7, 11) is -3.48. The van der Waals surface area contributed by atoms with Gasteiger partial charge in [-0.2, -0.15) is 0 Å². The van der Waals surface area contributed by atoms with Crippen molar-refractivity contribution < 1.29 is 13.2 Å². The lowest BCUT2D eigenvalue weighted by atomic mass is 10.2. The first-order chi connectivity index (χ1) is 9.45. The second-order valence-electron chi connectivity index (χ2n) is 4.49. The third-order valence-corrected chi connectivity index (χ3v) is 4.17. The Kier molecular flexibility index (Phi) is 7.23. The van der Waals surface area contributed by atoms with E-state index in [9.17, 15) is 8.42 Å². The molecule has 0 heterocycles. The normalized spacial score (nSPS) is 11.5. The smallest absolute Gasteiger partial charge is 0.240 e. The molecular formula is C14H20ClNO3S. The highest BCUT2D eigenvalue weighted by atomic mass is 35.5. The molecule has 0 bridgehead atoms. The van der Waals surface area contributed by atoms with E-state index >= 15 is 0 Å². The predicted octanol–water partition coefficient (Wildman–Crippen LogP) is 2.34. The highest BCUT2D eigenvalue weighted by Gasteiger charge is 2.12. The minimum Gasteiger partial charge on any atom is -0.376 e. The number of alkyl halides is 1. The van der Waals surface area contributed by atoms with Crippen LogP contribution in [0, 0.1) is 0 Å². The highest BCUT2D eigenvalue weighted by molar-refractivity contribution is 7.89. The monoisotopic (exact) mass is 317 g/mol. The van der Waals surface area contributed by atoms with E-state index in [0.29, 0.717) is 19.1 Å². The van der Waals surface area contributed by atoms with Crippen LogP contribution in [0.5, 0.6) is 0 Å². The molecule has 1 aromatic rings. The molecule has 112 valence electrons. The summed E-state index contributed by atoms with van der Waals surface area (Å²) >= 11 is 5.64. The molecule has 0 amide bonds. The van der Waals surface area contributed by atoms with E-state index in [1.165, 1.54) is 0 Å². The first-order valence-electron chi connectivity index (χ1n) is 6.32. The molecule has 0 aromatic heterocycles. The van der Waals surface area contributed by atoms with Crippen molar-refractivity contribution in [2.45, 2.75) is 18.2 Å². The van der Waals surface area contributed by atoms with Gasteiger partial charge in [-0.1, -0.05) is 24.3 Å². The van der Waals surface area contributed by atoms with Crippen molar-refractivity contribution in [3.8, 4) is 0 Å². The standard InChI is InChI=1S/C14H20ClNO3S/c1-12(2)11-19-10-9-16-20(17,18)14-5-3-13(4-6-14)7-8-15/h3-6,16H,1,7-11H2,2H3. The number of ether oxygens (including phenoxy) is 1. The molecule has 0 fully saturated rings. The summed E-state index contributed by atoms with van der Waals surface area (Å²) in [5, 5.41) is 0. The van der Waals surface area contributed by atoms with Gasteiger partial charge in [0.1, 0.15) is 0 Å². The fourth-order valence-electron chi connectivity index (χ4n) is 1.52. The van der Waals surface area contributed by atoms with Crippen molar-refractivity contribution in [1.82, 2.24) is 4.72 Å². The lowest BCUT2D eigenvalue weighted by Crippen LogP contribution is -2.27. The Labute approximate surface area is 125 Å². The second-order valence-corrected chi connectivity index (χ2v) is 6.64. The molecule has 0 radical (unpaired) electrons. The minimum absolute atomic E-state index is 0.235. The maximum atomic E-state index is 12.0. The van der Waals surface area contributed by atoms with Gasteiger partial charge in [0, 0.05) is 12.4 Å². The Balaban J connectivity index is 2.49. The average Bonchev–Trinajstić information content (AvgIpc) is 2.39. The van der Waals surface area contributed by atoms with Crippen LogP contribution in [0.1, 0.15) is 12.5 Å². The molecule has 20 heavy (non-hydrogen) atoms. The van der Waals surface area contributed by atoms with E-state index in [4.69, 9.17) is 16.3 Å². The summed E-state index contributed by atoms with van der Waals surface area (Å²) in [4.78, 5) is 0.246. The van der Waals surface area contributed by atoms with Gasteiger partial charge in [-0.05, 0) is 31.0 Å². The number of hydrogen-bond donors (Lipinski definition) is 1. The average molecular weight is 318 g/mol. The van der Waals surface area contributed by atoms with Gasteiger partial charge < -0.3 is 4.74 Å². The Morgan fingerprint density at radius 3 is 2.55 bits per heavy atom. The van der Waals surface area contributed by atoms with Gasteiger partial charge in [0.25, 0.3) is 0 Å². The number of hydrogen-bond acceptors (Lipinski definition) is 3. The number of halogens is 1. The van der Waals surface area contributed by atoms with Crippen molar-refractivity contribution in [2.75, 3.05) is 25.6 Å². The third kappa shape index (κ3) is 6.05. The van der Waals surface area contributed by atoms with Gasteiger partial charge in [0.05, 0.1) is 18.1 Å². The van der Waals surface area contributed by atoms with Crippen LogP contribution in [0.15, 0.2) is 41.3 Å². The molecule has 0 aliphatic heterocycles. The van der Waals surface area contributed by atoms with E-state index in [1.54, 1.807) is 24.3 Å². The van der Waals surface area contributed by atoms with E-state index in [0.717, 1.165) is 17.6 Å². The maximum Gasteiger partial charge on any atom is 0.240 e. The summed E-state index contributed by atoms with van der Waals surface area (Å²) in [5.74, 6) is 0.518. The molecular weight excluding hydrogens is 298 g/mol. The molecule has 0 unspecified atom stereocenters. The molecule has 1 rings (SSSR count). The highest BCUT2D eigenvalue weighted by Crippen LogP contribution is 2.11. The number of rotatable bonds is 9. The summed E-state index contributed by atoms with van der Waals surface area (Å²) in [6, 6.07) is 6.71. The zero-order valence-corrected chi connectivity index (χ0v) is 13.1. The lowest BCUT2D eigenvalue weighted by molar-refractivity contribution is 0.162. The van der Waals surface area contributed by atoms with Gasteiger partial charge in [0.15, 0.2) is 0 Å². The molecule has 0 saturated heterocycles. The van der Waals surface area contributed by atoms with Crippen LogP contribution in [-0.2, 0) is 21.2 Å². The van der Waals surface area contributed by atoms with Gasteiger partial charge in [-0.25, -0.2) is 13.1 Å². The van der Waals surface area contributed by atoms with Crippen LogP contribution < -0.4 is 4.72 Å². The first kappa shape index (κ1) is 17.2. The Hall–Kier alpha value is -0.880. The van der Waals surface area contributed by atoms with Crippen molar-refractivity contribution >= 4 is 21.6 Å². The fraction of sp³-hybridized carbons (Fsp3) is 0.429. The van der Waals surface area contributed by atoms with Gasteiger partial charge in [-0.3, -0.25) is 0 Å². The van der Waals surface area contributed by atoms with E-state index in [2.05, 4.69) is 11.3 Å². The van der Waals surface area contributed by atoms with E-state index < -0.39 is 10.0 Å². The third-order valence-electron chi connectivity index (χ3n) is 2.50. The number of sulfonamides is 1. The van der Waals surface area contributed by atoms with E-state index in [1.807, 2.05) is 6.92 Å². The SMILES string of the molecule is C=C(C)COCCNS(=O)(=O)c1ccc(CCCl)cc1. The predicted molar refractivity (Wildman–Crippen MR) is 81.7 cm³/mol. The second kappa shape index (κ2) is 8.42. The van der Waals surface area contributed by atoms with Gasteiger partial charge >= 0.3 is 0 Å². The molecule has 0 spiro atoms. The van der Waals surface area contributed by atoms with Crippen molar-refractivity contribution in [3.05, 3.63) is 42.0 Å². The number of nitrogens with one attached hydrogen (secondary N) is 1. The van der Waals surface area contributed by atoms with Crippen molar-refractivity contribution in [3.63, 3.8) is 0 Å². The molecule has 6 heteroatoms. The lowest BCUT2D eigenvalue weighted by Gasteiger charge is -2.08. The molecule has 0 atom stereocenters. The summed E-state index contributed by atoms with van der Waals surface area (Å²) in [6.45, 7) is 6.54. The largest absolute Gasteiger partial charge is 0.376 e. The molecule has 0 saturated carbocycles. The summed E-state index contributed by atoms with van der Waals surface area (Å²) in [6.07, 6.45) is 0.726. The maximum absolute atomic E-state index is 12.0. The summed E-state index contributed by atoms with van der Waals surface area (Å²) < 4.78 is 31.7. The Morgan fingerprint density at radius 2 is 2.00 bits per heavy atom.